The van der Waals surface area contributed by atoms with Gasteiger partial charge >= 0.3 is 0 Å². The molecule has 2 fully saturated rings. The molecule has 0 aromatic carbocycles. The Hall–Kier alpha value is -0.170. The van der Waals surface area contributed by atoms with Crippen LogP contribution in [-0.4, -0.2) is 44.1 Å². The van der Waals surface area contributed by atoms with Gasteiger partial charge in [-0.25, -0.2) is 0 Å². The van der Waals surface area contributed by atoms with Gasteiger partial charge in [0.2, 0.25) is 0 Å². The Balaban J connectivity index is 2.04. The summed E-state index contributed by atoms with van der Waals surface area (Å²) in [5.74, 6) is 1.02. The fraction of sp³-hybridized carbons (Fsp3) is 1.00. The Morgan fingerprint density at radius 3 is 2.61 bits per heavy atom. The Morgan fingerprint density at radius 1 is 1.33 bits per heavy atom. The number of aliphatic hydroxyl groups excluding tert-OH is 1. The van der Waals surface area contributed by atoms with Gasteiger partial charge in [0.1, 0.15) is 0 Å². The lowest BCUT2D eigenvalue weighted by atomic mass is 9.86. The number of nitrogens with zero attached hydrogens (tertiary/aromatic N) is 1. The first-order valence-electron chi connectivity index (χ1n) is 6.84. The number of aliphatic hydroxyl groups is 1. The number of fused-ring (bicyclic) bond motifs is 2. The van der Waals surface area contributed by atoms with Gasteiger partial charge in [0, 0.05) is 32.2 Å². The van der Waals surface area contributed by atoms with Crippen LogP contribution in [0.1, 0.15) is 32.6 Å². The van der Waals surface area contributed by atoms with E-state index in [0.29, 0.717) is 18.4 Å². The third-order valence-electron chi connectivity index (χ3n) is 4.53. The van der Waals surface area contributed by atoms with Gasteiger partial charge in [0.25, 0.3) is 10.2 Å². The van der Waals surface area contributed by atoms with E-state index in [1.54, 1.807) is 7.05 Å². The van der Waals surface area contributed by atoms with Gasteiger partial charge in [-0.1, -0.05) is 6.92 Å². The predicted octanol–water partition coefficient (Wildman–Crippen LogP) is 0.570. The Labute approximate surface area is 110 Å². The van der Waals surface area contributed by atoms with Crippen molar-refractivity contribution >= 4 is 10.2 Å². The summed E-state index contributed by atoms with van der Waals surface area (Å²) in [5, 5.41) is 9.45. The van der Waals surface area contributed by atoms with E-state index in [4.69, 9.17) is 0 Å². The molecule has 0 radical (unpaired) electrons. The molecule has 106 valence electrons. The zero-order valence-electron chi connectivity index (χ0n) is 11.2. The van der Waals surface area contributed by atoms with Crippen molar-refractivity contribution in [3.63, 3.8) is 0 Å². The molecule has 2 N–H and O–H groups in total. The van der Waals surface area contributed by atoms with Crippen molar-refractivity contribution in [2.45, 2.75) is 38.6 Å². The quantitative estimate of drug-likeness (QED) is 0.745. The Kier molecular flexibility index (Phi) is 4.31. The van der Waals surface area contributed by atoms with Crippen molar-refractivity contribution in [1.29, 1.82) is 0 Å². The summed E-state index contributed by atoms with van der Waals surface area (Å²) in [4.78, 5) is 0. The molecule has 0 amide bonds. The van der Waals surface area contributed by atoms with E-state index in [9.17, 15) is 13.5 Å². The maximum Gasteiger partial charge on any atom is 0.279 e. The monoisotopic (exact) mass is 276 g/mol. The standard InChI is InChI=1S/C12H24N2O3S/c1-3-6-14(2)18(16,17)13-12-10-5-4-9(7-10)11(12)8-15/h9-13,15H,3-8H2,1-2H3. The van der Waals surface area contributed by atoms with E-state index in [2.05, 4.69) is 4.72 Å². The van der Waals surface area contributed by atoms with E-state index in [1.807, 2.05) is 6.92 Å². The number of rotatable bonds is 6. The normalized spacial score (nSPS) is 35.6. The van der Waals surface area contributed by atoms with Gasteiger partial charge in [-0.05, 0) is 37.5 Å². The average molecular weight is 276 g/mol. The van der Waals surface area contributed by atoms with Gasteiger partial charge in [-0.2, -0.15) is 17.4 Å². The van der Waals surface area contributed by atoms with Crippen LogP contribution in [0.2, 0.25) is 0 Å². The van der Waals surface area contributed by atoms with Crippen LogP contribution in [0.4, 0.5) is 0 Å². The molecule has 6 heteroatoms. The van der Waals surface area contributed by atoms with Crippen LogP contribution in [0.5, 0.6) is 0 Å². The minimum absolute atomic E-state index is 0.0712. The summed E-state index contributed by atoms with van der Waals surface area (Å²) in [5.41, 5.74) is 0. The molecular weight excluding hydrogens is 252 g/mol. The van der Waals surface area contributed by atoms with E-state index < -0.39 is 10.2 Å². The summed E-state index contributed by atoms with van der Waals surface area (Å²) < 4.78 is 28.5. The average Bonchev–Trinajstić information content (AvgIpc) is 2.89. The van der Waals surface area contributed by atoms with E-state index in [0.717, 1.165) is 25.7 Å². The van der Waals surface area contributed by atoms with Crippen molar-refractivity contribution in [1.82, 2.24) is 9.03 Å². The summed E-state index contributed by atoms with van der Waals surface area (Å²) in [7, 11) is -1.79. The predicted molar refractivity (Wildman–Crippen MR) is 70.2 cm³/mol. The van der Waals surface area contributed by atoms with Crippen LogP contribution in [0.25, 0.3) is 0 Å². The maximum absolute atomic E-state index is 12.1. The smallest absolute Gasteiger partial charge is 0.279 e. The van der Waals surface area contributed by atoms with Crippen LogP contribution in [0.3, 0.4) is 0 Å². The molecule has 2 bridgehead atoms. The maximum atomic E-state index is 12.1. The fourth-order valence-corrected chi connectivity index (χ4v) is 4.87. The molecule has 2 saturated carbocycles. The van der Waals surface area contributed by atoms with Crippen molar-refractivity contribution in [3.05, 3.63) is 0 Å². The second-order valence-corrected chi connectivity index (χ2v) is 7.46. The summed E-state index contributed by atoms with van der Waals surface area (Å²) in [6.07, 6.45) is 4.10. The molecule has 2 rings (SSSR count). The molecule has 2 aliphatic rings. The number of nitrogens with one attached hydrogen (secondary N) is 1. The van der Waals surface area contributed by atoms with Gasteiger partial charge in [-0.3, -0.25) is 0 Å². The fourth-order valence-electron chi connectivity index (χ4n) is 3.55. The first-order chi connectivity index (χ1) is 8.49. The second-order valence-electron chi connectivity index (χ2n) is 5.65. The van der Waals surface area contributed by atoms with Gasteiger partial charge < -0.3 is 5.11 Å². The minimum Gasteiger partial charge on any atom is -0.396 e. The lowest BCUT2D eigenvalue weighted by Gasteiger charge is -2.31. The molecule has 0 aromatic heterocycles. The van der Waals surface area contributed by atoms with E-state index >= 15 is 0 Å². The molecule has 5 nitrogen and oxygen atoms in total. The highest BCUT2D eigenvalue weighted by atomic mass is 32.2. The lowest BCUT2D eigenvalue weighted by Crippen LogP contribution is -2.49. The molecule has 18 heavy (non-hydrogen) atoms. The third kappa shape index (κ3) is 2.57. The zero-order valence-corrected chi connectivity index (χ0v) is 12.0. The molecule has 2 aliphatic carbocycles. The minimum atomic E-state index is -3.40. The summed E-state index contributed by atoms with van der Waals surface area (Å²) >= 11 is 0. The largest absolute Gasteiger partial charge is 0.396 e. The van der Waals surface area contributed by atoms with Crippen LogP contribution >= 0.6 is 0 Å². The number of hydrogen-bond acceptors (Lipinski definition) is 3. The van der Waals surface area contributed by atoms with E-state index in [-0.39, 0.29) is 18.6 Å². The van der Waals surface area contributed by atoms with Crippen molar-refractivity contribution in [3.8, 4) is 0 Å². The molecular formula is C12H24N2O3S. The first-order valence-corrected chi connectivity index (χ1v) is 8.28. The first kappa shape index (κ1) is 14.2. The highest BCUT2D eigenvalue weighted by Gasteiger charge is 2.48. The number of hydrogen-bond donors (Lipinski definition) is 2. The van der Waals surface area contributed by atoms with Crippen molar-refractivity contribution in [2.24, 2.45) is 17.8 Å². The summed E-state index contributed by atoms with van der Waals surface area (Å²) in [6, 6.07) is -0.0712. The Morgan fingerprint density at radius 2 is 2.00 bits per heavy atom. The van der Waals surface area contributed by atoms with Gasteiger partial charge in [0.05, 0.1) is 0 Å². The van der Waals surface area contributed by atoms with Crippen LogP contribution in [-0.2, 0) is 10.2 Å². The molecule has 0 saturated heterocycles. The Bertz CT molecular complexity index is 385. The molecule has 0 spiro atoms. The van der Waals surface area contributed by atoms with Crippen LogP contribution in [0, 0.1) is 17.8 Å². The lowest BCUT2D eigenvalue weighted by molar-refractivity contribution is 0.152. The van der Waals surface area contributed by atoms with Crippen molar-refractivity contribution < 1.29 is 13.5 Å². The van der Waals surface area contributed by atoms with Crippen molar-refractivity contribution in [2.75, 3.05) is 20.2 Å². The molecule has 4 unspecified atom stereocenters. The topological polar surface area (TPSA) is 69.6 Å². The van der Waals surface area contributed by atoms with E-state index in [1.165, 1.54) is 4.31 Å². The summed E-state index contributed by atoms with van der Waals surface area (Å²) in [6.45, 7) is 2.58. The van der Waals surface area contributed by atoms with Gasteiger partial charge in [-0.15, -0.1) is 0 Å². The molecule has 0 aliphatic heterocycles. The SMILES string of the molecule is CCCN(C)S(=O)(=O)NC1C2CCC(C2)C1CO. The highest BCUT2D eigenvalue weighted by molar-refractivity contribution is 7.87. The molecule has 0 heterocycles. The van der Waals surface area contributed by atoms with Crippen LogP contribution < -0.4 is 4.72 Å². The molecule has 0 aromatic rings. The third-order valence-corrected chi connectivity index (χ3v) is 6.11. The second kappa shape index (κ2) is 5.45. The zero-order chi connectivity index (χ0) is 13.3. The highest BCUT2D eigenvalue weighted by Crippen LogP contribution is 2.48. The van der Waals surface area contributed by atoms with Gasteiger partial charge in [0.15, 0.2) is 0 Å². The van der Waals surface area contributed by atoms with Crippen LogP contribution in [0.15, 0.2) is 0 Å². The molecule has 4 atom stereocenters.